The summed E-state index contributed by atoms with van der Waals surface area (Å²) in [5, 5.41) is 3.41. The predicted octanol–water partition coefficient (Wildman–Crippen LogP) is 28.8. The summed E-state index contributed by atoms with van der Waals surface area (Å²) in [7, 11) is 0. The molecule has 0 bridgehead atoms. The first-order valence-electron chi connectivity index (χ1n) is 40.0. The lowest BCUT2D eigenvalue weighted by molar-refractivity contribution is 0.0723. The van der Waals surface area contributed by atoms with Crippen LogP contribution in [0, 0.1) is 0 Å². The molecule has 14 rings (SSSR count). The summed E-state index contributed by atoms with van der Waals surface area (Å²) >= 11 is 0. The molecule has 6 heteroatoms. The lowest BCUT2D eigenvalue weighted by Gasteiger charge is -2.20. The zero-order valence-corrected chi connectivity index (χ0v) is 64.0. The van der Waals surface area contributed by atoms with Gasteiger partial charge in [0.1, 0.15) is 23.0 Å². The van der Waals surface area contributed by atoms with Crippen LogP contribution < -0.4 is 18.9 Å². The molecule has 0 aliphatic heterocycles. The van der Waals surface area contributed by atoms with Gasteiger partial charge in [-0.2, -0.15) is 0 Å². The normalized spacial score (nSPS) is 11.3. The second kappa shape index (κ2) is 36.8. The Kier molecular flexibility index (Phi) is 25.1. The van der Waals surface area contributed by atoms with E-state index in [0.717, 1.165) is 138 Å². The molecule has 0 amide bonds. The lowest BCUT2D eigenvalue weighted by atomic mass is 9.89. The quantitative estimate of drug-likeness (QED) is 0.0232. The Morgan fingerprint density at radius 3 is 0.773 bits per heavy atom. The van der Waals surface area contributed by atoms with E-state index in [0.29, 0.717) is 47.0 Å². The molecule has 0 aromatic heterocycles. The topological polar surface area (TPSA) is 71.1 Å². The Hall–Kier alpha value is -11.9. The number of benzene rings is 14. The summed E-state index contributed by atoms with van der Waals surface area (Å²) in [4.78, 5) is 29.9. The van der Waals surface area contributed by atoms with Crippen LogP contribution in [-0.4, -0.2) is 25.2 Å². The first kappa shape index (κ1) is 75.0. The SMILES string of the molecule is CCCCCCOc1ccc(-c2ccc(C(=O)Oc3ccc4cc(-c5ccc(-c6ccc(-c7ccc(CCCCC)cc7)cc6)cc5)ccc4c3-c3c(OC(=O)c4ccc(-c5ccc(OCCCCCC)cc5)cc4)ccc4cc(-c5ccc(-c6ccc(-c7ccc(CCCCC)cc7)cc6)cc5)ccc34)cc2)cc1. The van der Waals surface area contributed by atoms with Crippen molar-refractivity contribution < 1.29 is 28.5 Å². The Bertz CT molecular complexity index is 5010. The molecule has 0 heterocycles. The van der Waals surface area contributed by atoms with Gasteiger partial charge in [0, 0.05) is 11.1 Å². The molecule has 0 aliphatic carbocycles. The third-order valence-corrected chi connectivity index (χ3v) is 21.4. The van der Waals surface area contributed by atoms with Crippen LogP contribution >= 0.6 is 0 Å². The van der Waals surface area contributed by atoms with Crippen LogP contribution in [-0.2, 0) is 12.8 Å². The molecular weight excluding hydrogens is 1350 g/mol. The highest BCUT2D eigenvalue weighted by molar-refractivity contribution is 6.12. The van der Waals surface area contributed by atoms with Crippen molar-refractivity contribution in [3.8, 4) is 123 Å². The van der Waals surface area contributed by atoms with Crippen molar-refractivity contribution in [3.05, 3.63) is 326 Å². The molecule has 0 aliphatic rings. The van der Waals surface area contributed by atoms with E-state index in [1.165, 1.54) is 97.6 Å². The third-order valence-electron chi connectivity index (χ3n) is 21.4. The minimum Gasteiger partial charge on any atom is -0.494 e. The van der Waals surface area contributed by atoms with Crippen molar-refractivity contribution in [2.45, 2.75) is 130 Å². The molecule has 0 radical (unpaired) electrons. The number of aryl methyl sites for hydroxylation is 2. The first-order valence-corrected chi connectivity index (χ1v) is 40.0. The second-order valence-corrected chi connectivity index (χ2v) is 29.2. The summed E-state index contributed by atoms with van der Waals surface area (Å²) in [5.74, 6) is 1.23. The maximum atomic E-state index is 14.9. The van der Waals surface area contributed by atoms with E-state index in [4.69, 9.17) is 18.9 Å². The number of carbonyl (C=O) groups is 2. The van der Waals surface area contributed by atoms with E-state index >= 15 is 0 Å². The molecule has 0 unspecified atom stereocenters. The molecule has 0 N–H and O–H groups in total. The average Bonchev–Trinajstić information content (AvgIpc) is 0.741. The zero-order chi connectivity index (χ0) is 75.4. The van der Waals surface area contributed by atoms with Crippen LogP contribution in [0.2, 0.25) is 0 Å². The average molecular weight is 1440 g/mol. The van der Waals surface area contributed by atoms with E-state index in [-0.39, 0.29) is 0 Å². The number of rotatable bonds is 33. The lowest BCUT2D eigenvalue weighted by Crippen LogP contribution is -2.11. The van der Waals surface area contributed by atoms with Gasteiger partial charge in [-0.1, -0.05) is 322 Å². The smallest absolute Gasteiger partial charge is 0.343 e. The van der Waals surface area contributed by atoms with E-state index < -0.39 is 11.9 Å². The second-order valence-electron chi connectivity index (χ2n) is 29.2. The Labute approximate surface area is 650 Å². The Morgan fingerprint density at radius 2 is 0.482 bits per heavy atom. The fourth-order valence-electron chi connectivity index (χ4n) is 14.8. The van der Waals surface area contributed by atoms with Crippen LogP contribution in [0.4, 0.5) is 0 Å². The van der Waals surface area contributed by atoms with Crippen LogP contribution in [0.3, 0.4) is 0 Å². The minimum absolute atomic E-state index is 0.310. The molecule has 6 nitrogen and oxygen atoms in total. The van der Waals surface area contributed by atoms with E-state index in [2.05, 4.69) is 234 Å². The predicted molar refractivity (Wildman–Crippen MR) is 459 cm³/mol. The largest absolute Gasteiger partial charge is 0.494 e. The van der Waals surface area contributed by atoms with Crippen molar-refractivity contribution in [2.24, 2.45) is 0 Å². The van der Waals surface area contributed by atoms with Gasteiger partial charge in [0.25, 0.3) is 0 Å². The molecule has 0 spiro atoms. The molecule has 0 saturated carbocycles. The number of unbranched alkanes of at least 4 members (excludes halogenated alkanes) is 10. The van der Waals surface area contributed by atoms with Crippen LogP contribution in [0.1, 0.15) is 149 Å². The maximum absolute atomic E-state index is 14.9. The molecule has 14 aromatic rings. The highest BCUT2D eigenvalue weighted by atomic mass is 16.5. The Balaban J connectivity index is 0.804. The summed E-state index contributed by atoms with van der Waals surface area (Å²) in [6.07, 6.45) is 18.8. The van der Waals surface area contributed by atoms with Crippen LogP contribution in [0.5, 0.6) is 23.0 Å². The van der Waals surface area contributed by atoms with E-state index in [1.807, 2.05) is 97.1 Å². The van der Waals surface area contributed by atoms with Crippen molar-refractivity contribution in [1.29, 1.82) is 0 Å². The summed E-state index contributed by atoms with van der Waals surface area (Å²) in [5.41, 5.74) is 22.1. The third kappa shape index (κ3) is 18.6. The number of hydrogen-bond donors (Lipinski definition) is 0. The number of esters is 2. The molecule has 0 saturated heterocycles. The molecule has 0 fully saturated rings. The van der Waals surface area contributed by atoms with E-state index in [9.17, 15) is 9.59 Å². The van der Waals surface area contributed by atoms with Crippen molar-refractivity contribution >= 4 is 33.5 Å². The van der Waals surface area contributed by atoms with Crippen molar-refractivity contribution in [1.82, 2.24) is 0 Å². The highest BCUT2D eigenvalue weighted by Crippen LogP contribution is 2.48. The molecule has 550 valence electrons. The summed E-state index contributed by atoms with van der Waals surface area (Å²) < 4.78 is 25.6. The first-order chi connectivity index (χ1) is 54.1. The van der Waals surface area contributed by atoms with Gasteiger partial charge in [-0.3, -0.25) is 0 Å². The van der Waals surface area contributed by atoms with Crippen molar-refractivity contribution in [2.75, 3.05) is 13.2 Å². The summed E-state index contributed by atoms with van der Waals surface area (Å²) in [6, 6.07) is 105. The number of hydrogen-bond acceptors (Lipinski definition) is 6. The van der Waals surface area contributed by atoms with E-state index in [1.54, 1.807) is 0 Å². The van der Waals surface area contributed by atoms with Crippen molar-refractivity contribution in [3.63, 3.8) is 0 Å². The monoisotopic (exact) mass is 1440 g/mol. The Morgan fingerprint density at radius 1 is 0.236 bits per heavy atom. The van der Waals surface area contributed by atoms with Gasteiger partial charge in [-0.25, -0.2) is 9.59 Å². The number of fused-ring (bicyclic) bond motifs is 2. The maximum Gasteiger partial charge on any atom is 0.343 e. The van der Waals surface area contributed by atoms with Crippen LogP contribution in [0.25, 0.3) is 122 Å². The molecule has 0 atom stereocenters. The summed E-state index contributed by atoms with van der Waals surface area (Å²) in [6.45, 7) is 10.3. The fourth-order valence-corrected chi connectivity index (χ4v) is 14.8. The van der Waals surface area contributed by atoms with Crippen LogP contribution in [0.15, 0.2) is 303 Å². The number of ether oxygens (including phenoxy) is 4. The molecule has 14 aromatic carbocycles. The van der Waals surface area contributed by atoms with Gasteiger partial charge in [0.2, 0.25) is 0 Å². The standard InChI is InChI=1S/C104H98O6/c1-5-9-13-17-69-107-95-61-53-85(54-62-95)83-45-49-89(50-46-83)103(105)109-99-67-59-93-71-91(87-41-37-81(38-42-87)79-33-29-77(30-34-79)75-25-21-73(22-26-75)19-15-11-7-3)57-65-97(93)101(99)102-98-66-58-92(88-43-39-82(40-44-88)80-35-31-78(32-36-80)76-27-23-74(24-28-76)20-16-12-8-4)72-94(98)60-68-100(102)110-104(106)90-51-47-84(48-52-90)86-55-63-96(64-56-86)108-70-18-14-10-6-2/h21-68,71-72H,5-20,69-70H2,1-4H3. The molecule has 110 heavy (non-hydrogen) atoms. The highest BCUT2D eigenvalue weighted by Gasteiger charge is 2.25. The minimum atomic E-state index is -0.532. The van der Waals surface area contributed by atoms with Gasteiger partial charge in [-0.15, -0.1) is 0 Å². The van der Waals surface area contributed by atoms with Gasteiger partial charge in [-0.05, 0) is 233 Å². The van der Waals surface area contributed by atoms with Gasteiger partial charge in [0.15, 0.2) is 0 Å². The van der Waals surface area contributed by atoms with Gasteiger partial charge < -0.3 is 18.9 Å². The fraction of sp³-hybridized carbons (Fsp3) is 0.212. The molecular formula is C104H98O6. The van der Waals surface area contributed by atoms with Gasteiger partial charge >= 0.3 is 11.9 Å². The zero-order valence-electron chi connectivity index (χ0n) is 64.0. The number of carbonyl (C=O) groups excluding carboxylic acids is 2. The van der Waals surface area contributed by atoms with Gasteiger partial charge in [0.05, 0.1) is 24.3 Å².